The maximum atomic E-state index is 12.5. The Bertz CT molecular complexity index is 775. The molecular weight excluding hydrogens is 390 g/mol. The number of likely N-dealkylation sites (tertiary alicyclic amines) is 1. The van der Waals surface area contributed by atoms with Gasteiger partial charge in [0.2, 0.25) is 17.7 Å². The SMILES string of the molecule is CCOc1cc(N2CCOCC2)c(OCC)cc1NC(=O)CCN1C(=O)CCC1=O. The highest BCUT2D eigenvalue weighted by atomic mass is 16.5. The van der Waals surface area contributed by atoms with Gasteiger partial charge in [0, 0.05) is 51.0 Å². The lowest BCUT2D eigenvalue weighted by molar-refractivity contribution is -0.138. The normalized spacial score (nSPS) is 16.7. The van der Waals surface area contributed by atoms with E-state index in [2.05, 4.69) is 10.2 Å². The van der Waals surface area contributed by atoms with Crippen LogP contribution in [0.15, 0.2) is 12.1 Å². The molecule has 2 saturated heterocycles. The van der Waals surface area contributed by atoms with E-state index in [1.807, 2.05) is 19.9 Å². The highest BCUT2D eigenvalue weighted by Crippen LogP contribution is 2.39. The number of imide groups is 1. The predicted molar refractivity (Wildman–Crippen MR) is 111 cm³/mol. The summed E-state index contributed by atoms with van der Waals surface area (Å²) < 4.78 is 17.0. The first-order valence-corrected chi connectivity index (χ1v) is 10.4. The van der Waals surface area contributed by atoms with Crippen LogP contribution in [0.5, 0.6) is 11.5 Å². The van der Waals surface area contributed by atoms with Gasteiger partial charge in [0.1, 0.15) is 11.5 Å². The fourth-order valence-electron chi connectivity index (χ4n) is 3.54. The molecule has 2 aliphatic heterocycles. The average Bonchev–Trinajstić information content (AvgIpc) is 3.06. The molecular formula is C21H29N3O6. The Morgan fingerprint density at radius 3 is 2.30 bits per heavy atom. The standard InChI is InChI=1S/C21H29N3O6/c1-3-29-17-14-16(23-9-11-28-12-10-23)18(30-4-2)13-15(17)22-19(25)7-8-24-20(26)5-6-21(24)27/h13-14H,3-12H2,1-2H3,(H,22,25). The molecule has 1 aromatic carbocycles. The maximum absolute atomic E-state index is 12.5. The number of carbonyl (C=O) groups is 3. The van der Waals surface area contributed by atoms with E-state index in [1.54, 1.807) is 6.07 Å². The summed E-state index contributed by atoms with van der Waals surface area (Å²) in [6.07, 6.45) is 0.462. The van der Waals surface area contributed by atoms with Gasteiger partial charge in [0.15, 0.2) is 0 Å². The highest BCUT2D eigenvalue weighted by molar-refractivity contribution is 6.02. The molecule has 1 aromatic rings. The number of ether oxygens (including phenoxy) is 3. The van der Waals surface area contributed by atoms with E-state index in [9.17, 15) is 14.4 Å². The number of hydrogen-bond donors (Lipinski definition) is 1. The Balaban J connectivity index is 1.76. The largest absolute Gasteiger partial charge is 0.492 e. The third-order valence-corrected chi connectivity index (χ3v) is 5.00. The molecule has 0 spiro atoms. The zero-order chi connectivity index (χ0) is 21.5. The van der Waals surface area contributed by atoms with Crippen molar-refractivity contribution in [1.29, 1.82) is 0 Å². The fraction of sp³-hybridized carbons (Fsp3) is 0.571. The summed E-state index contributed by atoms with van der Waals surface area (Å²) in [7, 11) is 0. The molecule has 2 heterocycles. The van der Waals surface area contributed by atoms with Crippen LogP contribution < -0.4 is 19.7 Å². The number of anilines is 2. The van der Waals surface area contributed by atoms with Crippen LogP contribution >= 0.6 is 0 Å². The first-order valence-electron chi connectivity index (χ1n) is 10.4. The van der Waals surface area contributed by atoms with Gasteiger partial charge in [-0.1, -0.05) is 0 Å². The zero-order valence-corrected chi connectivity index (χ0v) is 17.6. The molecule has 0 aromatic heterocycles. The molecule has 164 valence electrons. The second kappa shape index (κ2) is 10.3. The molecule has 3 amide bonds. The summed E-state index contributed by atoms with van der Waals surface area (Å²) in [5.41, 5.74) is 1.40. The summed E-state index contributed by atoms with van der Waals surface area (Å²) in [5, 5.41) is 2.84. The maximum Gasteiger partial charge on any atom is 0.229 e. The second-order valence-electron chi connectivity index (χ2n) is 7.02. The molecule has 2 aliphatic rings. The lowest BCUT2D eigenvalue weighted by Gasteiger charge is -2.31. The quantitative estimate of drug-likeness (QED) is 0.610. The molecule has 3 rings (SSSR count). The van der Waals surface area contributed by atoms with Crippen LogP contribution in [-0.4, -0.2) is 68.7 Å². The average molecular weight is 419 g/mol. The van der Waals surface area contributed by atoms with Gasteiger partial charge < -0.3 is 24.4 Å². The van der Waals surface area contributed by atoms with Gasteiger partial charge in [-0.3, -0.25) is 19.3 Å². The van der Waals surface area contributed by atoms with E-state index in [-0.39, 0.29) is 43.5 Å². The molecule has 9 nitrogen and oxygen atoms in total. The predicted octanol–water partition coefficient (Wildman–Crippen LogP) is 1.80. The van der Waals surface area contributed by atoms with Gasteiger partial charge in [-0.25, -0.2) is 0 Å². The lowest BCUT2D eigenvalue weighted by Crippen LogP contribution is -2.36. The van der Waals surface area contributed by atoms with E-state index in [0.29, 0.717) is 43.6 Å². The van der Waals surface area contributed by atoms with E-state index in [0.717, 1.165) is 23.7 Å². The first kappa shape index (κ1) is 21.9. The Morgan fingerprint density at radius 1 is 1.03 bits per heavy atom. The summed E-state index contributed by atoms with van der Waals surface area (Å²) >= 11 is 0. The molecule has 9 heteroatoms. The Kier molecular flexibility index (Phi) is 7.51. The number of benzene rings is 1. The summed E-state index contributed by atoms with van der Waals surface area (Å²) in [6, 6.07) is 3.65. The zero-order valence-electron chi connectivity index (χ0n) is 17.6. The Hall–Kier alpha value is -2.81. The minimum atomic E-state index is -0.301. The number of nitrogens with zero attached hydrogens (tertiary/aromatic N) is 2. The van der Waals surface area contributed by atoms with E-state index in [1.165, 1.54) is 0 Å². The molecule has 30 heavy (non-hydrogen) atoms. The molecule has 0 bridgehead atoms. The van der Waals surface area contributed by atoms with Crippen molar-refractivity contribution in [3.05, 3.63) is 12.1 Å². The van der Waals surface area contributed by atoms with E-state index in [4.69, 9.17) is 14.2 Å². The van der Waals surface area contributed by atoms with Crippen molar-refractivity contribution >= 4 is 29.1 Å². The molecule has 2 fully saturated rings. The third-order valence-electron chi connectivity index (χ3n) is 5.00. The van der Waals surface area contributed by atoms with Crippen molar-refractivity contribution in [3.63, 3.8) is 0 Å². The van der Waals surface area contributed by atoms with Crippen molar-refractivity contribution in [2.45, 2.75) is 33.1 Å². The third kappa shape index (κ3) is 5.21. The van der Waals surface area contributed by atoms with Crippen LogP contribution in [0.2, 0.25) is 0 Å². The van der Waals surface area contributed by atoms with Crippen molar-refractivity contribution in [2.75, 3.05) is 56.3 Å². The molecule has 0 aliphatic carbocycles. The molecule has 0 atom stereocenters. The number of rotatable bonds is 9. The van der Waals surface area contributed by atoms with Gasteiger partial charge in [0.25, 0.3) is 0 Å². The number of nitrogens with one attached hydrogen (secondary N) is 1. The van der Waals surface area contributed by atoms with Gasteiger partial charge in [0.05, 0.1) is 37.8 Å². The van der Waals surface area contributed by atoms with E-state index >= 15 is 0 Å². The van der Waals surface area contributed by atoms with Gasteiger partial charge in [-0.15, -0.1) is 0 Å². The number of morpholine rings is 1. The molecule has 1 N–H and O–H groups in total. The first-order chi connectivity index (χ1) is 14.5. The number of hydrogen-bond acceptors (Lipinski definition) is 7. The van der Waals surface area contributed by atoms with Crippen LogP contribution in [0, 0.1) is 0 Å². The summed E-state index contributed by atoms with van der Waals surface area (Å²) in [6.45, 7) is 7.56. The minimum absolute atomic E-state index is 0.0260. The van der Waals surface area contributed by atoms with Gasteiger partial charge in [-0.05, 0) is 13.8 Å². The van der Waals surface area contributed by atoms with Crippen molar-refractivity contribution < 1.29 is 28.6 Å². The van der Waals surface area contributed by atoms with Crippen LogP contribution in [0.25, 0.3) is 0 Å². The van der Waals surface area contributed by atoms with Gasteiger partial charge in [-0.2, -0.15) is 0 Å². The minimum Gasteiger partial charge on any atom is -0.492 e. The summed E-state index contributed by atoms with van der Waals surface area (Å²) in [4.78, 5) is 39.3. The van der Waals surface area contributed by atoms with Crippen LogP contribution in [0.3, 0.4) is 0 Å². The summed E-state index contributed by atoms with van der Waals surface area (Å²) in [5.74, 6) is 0.449. The van der Waals surface area contributed by atoms with Gasteiger partial charge >= 0.3 is 0 Å². The number of amides is 3. The van der Waals surface area contributed by atoms with Crippen molar-refractivity contribution in [3.8, 4) is 11.5 Å². The fourth-order valence-corrected chi connectivity index (χ4v) is 3.54. The molecule has 0 unspecified atom stereocenters. The highest BCUT2D eigenvalue weighted by Gasteiger charge is 2.29. The Labute approximate surface area is 176 Å². The topological polar surface area (TPSA) is 97.4 Å². The second-order valence-corrected chi connectivity index (χ2v) is 7.02. The lowest BCUT2D eigenvalue weighted by atomic mass is 10.2. The van der Waals surface area contributed by atoms with Crippen molar-refractivity contribution in [2.24, 2.45) is 0 Å². The monoisotopic (exact) mass is 419 g/mol. The van der Waals surface area contributed by atoms with Crippen LogP contribution in [0.4, 0.5) is 11.4 Å². The van der Waals surface area contributed by atoms with E-state index < -0.39 is 0 Å². The van der Waals surface area contributed by atoms with Crippen LogP contribution in [-0.2, 0) is 19.1 Å². The molecule has 0 radical (unpaired) electrons. The molecule has 0 saturated carbocycles. The van der Waals surface area contributed by atoms with Crippen molar-refractivity contribution in [1.82, 2.24) is 4.90 Å². The van der Waals surface area contributed by atoms with Crippen LogP contribution in [0.1, 0.15) is 33.1 Å². The Morgan fingerprint density at radius 2 is 1.67 bits per heavy atom. The number of carbonyl (C=O) groups excluding carboxylic acids is 3. The smallest absolute Gasteiger partial charge is 0.229 e.